The molecule has 1 N–H and O–H groups in total. The number of aryl methyl sites for hydroxylation is 3. The molecule has 0 fully saturated rings. The fourth-order valence-electron chi connectivity index (χ4n) is 5.44. The van der Waals surface area contributed by atoms with E-state index in [1.54, 1.807) is 10.4 Å². The highest BCUT2D eigenvalue weighted by atomic mass is 32.2. The van der Waals surface area contributed by atoms with Gasteiger partial charge in [0.15, 0.2) is 0 Å². The second-order valence-electron chi connectivity index (χ2n) is 11.6. The van der Waals surface area contributed by atoms with Crippen LogP contribution in [-0.4, -0.2) is 48.7 Å². The maximum absolute atomic E-state index is 13.5. The zero-order valence-electron chi connectivity index (χ0n) is 24.0. The summed E-state index contributed by atoms with van der Waals surface area (Å²) in [5.41, 5.74) is 6.42. The van der Waals surface area contributed by atoms with Gasteiger partial charge in [-0.3, -0.25) is 9.69 Å². The summed E-state index contributed by atoms with van der Waals surface area (Å²) < 4.78 is 28.6. The second-order valence-corrected chi connectivity index (χ2v) is 13.5. The molecule has 3 aromatic rings. The summed E-state index contributed by atoms with van der Waals surface area (Å²) >= 11 is 0. The number of nitrogens with one attached hydrogen (secondary N) is 1. The van der Waals surface area contributed by atoms with Gasteiger partial charge in [0.2, 0.25) is 10.0 Å². The minimum atomic E-state index is -3.61. The molecule has 1 aliphatic rings. The SMILES string of the molecule is Cc1cc(C)c(S(=O)(=O)N2CCc3cc(C(=O)NCCN(Cc4ccccc4)C(C)(C)C)ccc3C2)c(C)c1. The topological polar surface area (TPSA) is 69.7 Å². The Morgan fingerprint density at radius 3 is 2.26 bits per heavy atom. The number of sulfonamides is 1. The van der Waals surface area contributed by atoms with Crippen molar-refractivity contribution in [2.75, 3.05) is 19.6 Å². The Hall–Kier alpha value is -3.00. The maximum atomic E-state index is 13.5. The summed E-state index contributed by atoms with van der Waals surface area (Å²) in [6.07, 6.45) is 0.578. The standard InChI is InChI=1S/C32H41N3O3S/c1-23-18-24(2)30(25(3)19-23)39(37,38)35-16-14-27-20-28(12-13-29(27)22-35)31(36)33-15-17-34(32(4,5)6)21-26-10-8-7-9-11-26/h7-13,18-20H,14-17,21-22H2,1-6H3,(H,33,36). The molecule has 0 bridgehead atoms. The summed E-state index contributed by atoms with van der Waals surface area (Å²) in [5.74, 6) is -0.104. The van der Waals surface area contributed by atoms with E-state index in [0.29, 0.717) is 36.5 Å². The summed E-state index contributed by atoms with van der Waals surface area (Å²) in [7, 11) is -3.61. The third-order valence-electron chi connectivity index (χ3n) is 7.48. The van der Waals surface area contributed by atoms with Crippen molar-refractivity contribution in [1.29, 1.82) is 0 Å². The van der Waals surface area contributed by atoms with Crippen LogP contribution in [0.25, 0.3) is 0 Å². The third kappa shape index (κ3) is 6.78. The summed E-state index contributed by atoms with van der Waals surface area (Å²) in [5, 5.41) is 3.08. The number of rotatable bonds is 8. The molecule has 6 nitrogen and oxygen atoms in total. The second kappa shape index (κ2) is 11.6. The van der Waals surface area contributed by atoms with Gasteiger partial charge in [-0.1, -0.05) is 54.1 Å². The van der Waals surface area contributed by atoms with Crippen molar-refractivity contribution in [3.63, 3.8) is 0 Å². The molecule has 208 valence electrons. The average molecular weight is 548 g/mol. The van der Waals surface area contributed by atoms with E-state index in [-0.39, 0.29) is 11.4 Å². The fourth-order valence-corrected chi connectivity index (χ4v) is 7.27. The lowest BCUT2D eigenvalue weighted by atomic mass is 9.98. The molecule has 0 saturated carbocycles. The van der Waals surface area contributed by atoms with Crippen LogP contribution in [0.4, 0.5) is 0 Å². The van der Waals surface area contributed by atoms with Gasteiger partial charge in [0.05, 0.1) is 4.90 Å². The fraction of sp³-hybridized carbons (Fsp3) is 0.406. The van der Waals surface area contributed by atoms with Gasteiger partial charge in [-0.25, -0.2) is 8.42 Å². The highest BCUT2D eigenvalue weighted by molar-refractivity contribution is 7.89. The van der Waals surface area contributed by atoms with Crippen molar-refractivity contribution in [3.05, 3.63) is 99.6 Å². The van der Waals surface area contributed by atoms with Gasteiger partial charge in [-0.2, -0.15) is 4.31 Å². The van der Waals surface area contributed by atoms with Gasteiger partial charge >= 0.3 is 0 Å². The molecule has 1 aliphatic heterocycles. The number of carbonyl (C=O) groups excluding carboxylic acids is 1. The Kier molecular flexibility index (Phi) is 8.64. The maximum Gasteiger partial charge on any atom is 0.251 e. The van der Waals surface area contributed by atoms with Crippen LogP contribution >= 0.6 is 0 Å². The molecule has 39 heavy (non-hydrogen) atoms. The van der Waals surface area contributed by atoms with Crippen LogP contribution in [0.2, 0.25) is 0 Å². The Balaban J connectivity index is 1.40. The number of amides is 1. The Bertz CT molecular complexity index is 1420. The molecule has 4 rings (SSSR count). The largest absolute Gasteiger partial charge is 0.351 e. The molecule has 0 aliphatic carbocycles. The van der Waals surface area contributed by atoms with Crippen molar-refractivity contribution in [2.24, 2.45) is 0 Å². The van der Waals surface area contributed by atoms with Crippen LogP contribution in [0.5, 0.6) is 0 Å². The molecule has 0 spiro atoms. The van der Waals surface area contributed by atoms with E-state index in [0.717, 1.165) is 40.9 Å². The Morgan fingerprint density at radius 1 is 0.949 bits per heavy atom. The number of carbonyl (C=O) groups is 1. The molecule has 1 heterocycles. The number of benzene rings is 3. The van der Waals surface area contributed by atoms with E-state index < -0.39 is 10.0 Å². The van der Waals surface area contributed by atoms with Crippen LogP contribution in [0.1, 0.15) is 64.5 Å². The molecular formula is C32H41N3O3S. The van der Waals surface area contributed by atoms with Crippen LogP contribution in [-0.2, 0) is 29.5 Å². The van der Waals surface area contributed by atoms with Gasteiger partial charge in [-0.15, -0.1) is 0 Å². The highest BCUT2D eigenvalue weighted by Gasteiger charge is 2.31. The number of hydrogen-bond donors (Lipinski definition) is 1. The predicted molar refractivity (Wildman–Crippen MR) is 157 cm³/mol. The monoisotopic (exact) mass is 547 g/mol. The van der Waals surface area contributed by atoms with E-state index in [1.165, 1.54) is 5.56 Å². The molecule has 0 unspecified atom stereocenters. The number of hydrogen-bond acceptors (Lipinski definition) is 4. The van der Waals surface area contributed by atoms with E-state index in [1.807, 2.05) is 63.2 Å². The van der Waals surface area contributed by atoms with E-state index in [9.17, 15) is 13.2 Å². The molecule has 1 amide bonds. The van der Waals surface area contributed by atoms with E-state index >= 15 is 0 Å². The van der Waals surface area contributed by atoms with Gasteiger partial charge in [0, 0.05) is 43.8 Å². The zero-order chi connectivity index (χ0) is 28.4. The minimum absolute atomic E-state index is 0.0335. The van der Waals surface area contributed by atoms with Crippen LogP contribution in [0.15, 0.2) is 65.6 Å². The Labute approximate surface area is 234 Å². The van der Waals surface area contributed by atoms with Crippen molar-refractivity contribution < 1.29 is 13.2 Å². The molecule has 7 heteroatoms. The van der Waals surface area contributed by atoms with Crippen LogP contribution in [0.3, 0.4) is 0 Å². The van der Waals surface area contributed by atoms with Crippen molar-refractivity contribution in [1.82, 2.24) is 14.5 Å². The smallest absolute Gasteiger partial charge is 0.251 e. The first kappa shape index (κ1) is 29.0. The molecule has 0 atom stereocenters. The molecule has 0 aromatic heterocycles. The predicted octanol–water partition coefficient (Wildman–Crippen LogP) is 5.39. The van der Waals surface area contributed by atoms with Crippen molar-refractivity contribution in [2.45, 2.75) is 71.5 Å². The molecule has 3 aromatic carbocycles. The van der Waals surface area contributed by atoms with Gasteiger partial charge in [0.1, 0.15) is 0 Å². The first-order chi connectivity index (χ1) is 18.4. The molecule has 0 radical (unpaired) electrons. The minimum Gasteiger partial charge on any atom is -0.351 e. The first-order valence-corrected chi connectivity index (χ1v) is 15.1. The summed E-state index contributed by atoms with van der Waals surface area (Å²) in [4.78, 5) is 15.8. The lowest BCUT2D eigenvalue weighted by Crippen LogP contribution is -2.45. The highest BCUT2D eigenvalue weighted by Crippen LogP contribution is 2.30. The van der Waals surface area contributed by atoms with Gasteiger partial charge < -0.3 is 5.32 Å². The average Bonchev–Trinajstić information content (AvgIpc) is 2.86. The van der Waals surface area contributed by atoms with Crippen molar-refractivity contribution in [3.8, 4) is 0 Å². The summed E-state index contributed by atoms with van der Waals surface area (Å²) in [6, 6.07) is 19.8. The lowest BCUT2D eigenvalue weighted by molar-refractivity contribution is 0.0921. The normalized spacial score (nSPS) is 14.3. The molecular weight excluding hydrogens is 506 g/mol. The van der Waals surface area contributed by atoms with E-state index in [4.69, 9.17) is 0 Å². The van der Waals surface area contributed by atoms with Crippen molar-refractivity contribution >= 4 is 15.9 Å². The zero-order valence-corrected chi connectivity index (χ0v) is 24.9. The quantitative estimate of drug-likeness (QED) is 0.411. The lowest BCUT2D eigenvalue weighted by Gasteiger charge is -2.35. The van der Waals surface area contributed by atoms with Crippen LogP contribution < -0.4 is 5.32 Å². The number of fused-ring (bicyclic) bond motifs is 1. The van der Waals surface area contributed by atoms with Gasteiger partial charge in [0.25, 0.3) is 5.91 Å². The van der Waals surface area contributed by atoms with E-state index in [2.05, 4.69) is 43.1 Å². The van der Waals surface area contributed by atoms with Crippen LogP contribution in [0, 0.1) is 20.8 Å². The molecule has 0 saturated heterocycles. The first-order valence-electron chi connectivity index (χ1n) is 13.6. The number of nitrogens with zero attached hydrogens (tertiary/aromatic N) is 2. The third-order valence-corrected chi connectivity index (χ3v) is 9.63. The summed E-state index contributed by atoms with van der Waals surface area (Å²) in [6.45, 7) is 15.1. The Morgan fingerprint density at radius 2 is 1.62 bits per heavy atom. The van der Waals surface area contributed by atoms with Gasteiger partial charge in [-0.05, 0) is 87.9 Å².